The Balaban J connectivity index is 4.46. The molecule has 0 bridgehead atoms. The van der Waals surface area contributed by atoms with Gasteiger partial charge in [-0.2, -0.15) is 0 Å². The maximum absolute atomic E-state index is 12.1. The third-order valence-corrected chi connectivity index (χ3v) is 2.65. The fourth-order valence-corrected chi connectivity index (χ4v) is 1.76. The van der Waals surface area contributed by atoms with Crippen molar-refractivity contribution in [3.63, 3.8) is 0 Å². The van der Waals surface area contributed by atoms with Gasteiger partial charge in [-0.1, -0.05) is 13.8 Å². The zero-order valence-electron chi connectivity index (χ0n) is 11.7. The molecule has 0 fully saturated rings. The van der Waals surface area contributed by atoms with Crippen LogP contribution in [0.3, 0.4) is 0 Å². The topological polar surface area (TPSA) is 58.6 Å². The van der Waals surface area contributed by atoms with Crippen molar-refractivity contribution in [1.29, 1.82) is 0 Å². The first kappa shape index (κ1) is 15.9. The van der Waals surface area contributed by atoms with Gasteiger partial charge in [0.25, 0.3) is 0 Å². The zero-order valence-corrected chi connectivity index (χ0v) is 11.7. The Morgan fingerprint density at radius 3 is 2.35 bits per heavy atom. The lowest BCUT2D eigenvalue weighted by Gasteiger charge is -2.31. The van der Waals surface area contributed by atoms with E-state index in [0.29, 0.717) is 6.54 Å². The number of nitrogens with one attached hydrogen (secondary N) is 1. The molecule has 0 aliphatic carbocycles. The quantitative estimate of drug-likeness (QED) is 0.697. The summed E-state index contributed by atoms with van der Waals surface area (Å²) < 4.78 is 4.63. The van der Waals surface area contributed by atoms with Gasteiger partial charge in [0, 0.05) is 13.6 Å². The van der Waals surface area contributed by atoms with Crippen molar-refractivity contribution in [3.8, 4) is 0 Å². The van der Waals surface area contributed by atoms with Crippen molar-refractivity contribution in [2.24, 2.45) is 5.92 Å². The van der Waals surface area contributed by atoms with E-state index in [9.17, 15) is 9.59 Å². The van der Waals surface area contributed by atoms with Crippen LogP contribution >= 0.6 is 0 Å². The van der Waals surface area contributed by atoms with E-state index in [-0.39, 0.29) is 17.8 Å². The molecule has 0 saturated carbocycles. The Morgan fingerprint density at radius 1 is 1.41 bits per heavy atom. The largest absolute Gasteiger partial charge is 0.469 e. The highest BCUT2D eigenvalue weighted by molar-refractivity contribution is 5.85. The van der Waals surface area contributed by atoms with Gasteiger partial charge in [0.2, 0.25) is 5.91 Å². The average Bonchev–Trinajstić information content (AvgIpc) is 2.26. The van der Waals surface area contributed by atoms with Gasteiger partial charge in [0.15, 0.2) is 0 Å². The summed E-state index contributed by atoms with van der Waals surface area (Å²) >= 11 is 0. The van der Waals surface area contributed by atoms with E-state index in [1.54, 1.807) is 18.9 Å². The van der Waals surface area contributed by atoms with Crippen molar-refractivity contribution in [3.05, 3.63) is 0 Å². The minimum atomic E-state index is -0.612. The number of likely N-dealkylation sites (N-methyl/N-ethyl adjacent to an activating group) is 2. The van der Waals surface area contributed by atoms with Crippen LogP contribution < -0.4 is 5.32 Å². The predicted molar refractivity (Wildman–Crippen MR) is 66.6 cm³/mol. The molecule has 0 radical (unpaired) electrons. The number of hydrogen-bond acceptors (Lipinski definition) is 4. The van der Waals surface area contributed by atoms with Crippen LogP contribution in [0.2, 0.25) is 0 Å². The number of amides is 1. The van der Waals surface area contributed by atoms with Crippen LogP contribution in [0.5, 0.6) is 0 Å². The summed E-state index contributed by atoms with van der Waals surface area (Å²) in [7, 11) is 3.05. The molecule has 0 rings (SSSR count). The smallest absolute Gasteiger partial charge is 0.310 e. The summed E-state index contributed by atoms with van der Waals surface area (Å²) in [5.41, 5.74) is -0.612. The molecule has 1 amide bonds. The third kappa shape index (κ3) is 4.73. The second-order valence-electron chi connectivity index (χ2n) is 4.77. The molecule has 0 aliphatic heterocycles. The van der Waals surface area contributed by atoms with Crippen LogP contribution in [0.4, 0.5) is 0 Å². The van der Waals surface area contributed by atoms with Gasteiger partial charge in [-0.15, -0.1) is 0 Å². The molecule has 100 valence electrons. The lowest BCUT2D eigenvalue weighted by atomic mass is 10.0. The molecule has 0 heterocycles. The third-order valence-electron chi connectivity index (χ3n) is 2.65. The molecule has 0 saturated heterocycles. The molecule has 1 atom stereocenters. The van der Waals surface area contributed by atoms with E-state index in [1.165, 1.54) is 7.11 Å². The molecule has 0 spiro atoms. The number of esters is 1. The number of nitrogens with zero attached hydrogens (tertiary/aromatic N) is 1. The second kappa shape index (κ2) is 6.59. The Hall–Kier alpha value is -1.10. The van der Waals surface area contributed by atoms with E-state index in [2.05, 4.69) is 10.1 Å². The van der Waals surface area contributed by atoms with E-state index in [4.69, 9.17) is 0 Å². The Morgan fingerprint density at radius 2 is 1.94 bits per heavy atom. The zero-order chi connectivity index (χ0) is 13.6. The molecular weight excluding hydrogens is 220 g/mol. The first-order valence-corrected chi connectivity index (χ1v) is 5.84. The van der Waals surface area contributed by atoms with E-state index >= 15 is 0 Å². The monoisotopic (exact) mass is 244 g/mol. The summed E-state index contributed by atoms with van der Waals surface area (Å²) in [4.78, 5) is 24.9. The summed E-state index contributed by atoms with van der Waals surface area (Å²) in [6.07, 6.45) is 0. The lowest BCUT2D eigenvalue weighted by molar-refractivity contribution is -0.146. The summed E-state index contributed by atoms with van der Waals surface area (Å²) in [5.74, 6) is -0.646. The Labute approximate surface area is 103 Å². The van der Waals surface area contributed by atoms with Gasteiger partial charge in [0.1, 0.15) is 0 Å². The molecule has 0 aromatic carbocycles. The number of rotatable bonds is 6. The summed E-state index contributed by atoms with van der Waals surface area (Å²) in [6, 6.07) is 0. The van der Waals surface area contributed by atoms with Crippen molar-refractivity contribution < 1.29 is 14.3 Å². The van der Waals surface area contributed by atoms with Gasteiger partial charge in [-0.05, 0) is 20.4 Å². The molecule has 0 aromatic heterocycles. The average molecular weight is 244 g/mol. The van der Waals surface area contributed by atoms with Gasteiger partial charge in [0.05, 0.1) is 18.6 Å². The number of carbonyl (C=O) groups is 2. The van der Waals surface area contributed by atoms with Crippen molar-refractivity contribution in [1.82, 2.24) is 10.2 Å². The molecule has 0 aliphatic rings. The molecule has 0 aromatic rings. The first-order valence-electron chi connectivity index (χ1n) is 5.84. The molecule has 5 heteroatoms. The van der Waals surface area contributed by atoms with Crippen molar-refractivity contribution in [2.75, 3.05) is 27.2 Å². The van der Waals surface area contributed by atoms with Crippen LogP contribution in [-0.2, 0) is 14.3 Å². The van der Waals surface area contributed by atoms with E-state index in [1.807, 2.05) is 20.8 Å². The van der Waals surface area contributed by atoms with Crippen LogP contribution in [0.15, 0.2) is 0 Å². The highest BCUT2D eigenvalue weighted by Gasteiger charge is 2.30. The normalized spacial score (nSPS) is 13.1. The second-order valence-corrected chi connectivity index (χ2v) is 4.77. The number of ether oxygens (including phenoxy) is 1. The van der Waals surface area contributed by atoms with Gasteiger partial charge >= 0.3 is 5.97 Å². The van der Waals surface area contributed by atoms with Crippen LogP contribution in [0.1, 0.15) is 27.7 Å². The summed E-state index contributed by atoms with van der Waals surface area (Å²) in [5, 5.41) is 3.11. The molecule has 17 heavy (non-hydrogen) atoms. The van der Waals surface area contributed by atoms with E-state index < -0.39 is 5.54 Å². The highest BCUT2D eigenvalue weighted by Crippen LogP contribution is 2.09. The van der Waals surface area contributed by atoms with Crippen molar-refractivity contribution >= 4 is 11.9 Å². The van der Waals surface area contributed by atoms with Crippen LogP contribution in [0.25, 0.3) is 0 Å². The fraction of sp³-hybridized carbons (Fsp3) is 0.833. The van der Waals surface area contributed by atoms with Crippen LogP contribution in [0, 0.1) is 5.92 Å². The molecular formula is C12H24N2O3. The Bertz CT molecular complexity index is 277. The maximum Gasteiger partial charge on any atom is 0.310 e. The lowest BCUT2D eigenvalue weighted by Crippen LogP contribution is -2.54. The van der Waals surface area contributed by atoms with Crippen LogP contribution in [-0.4, -0.2) is 49.6 Å². The maximum atomic E-state index is 12.1. The van der Waals surface area contributed by atoms with Crippen molar-refractivity contribution in [2.45, 2.75) is 33.2 Å². The molecule has 1 unspecified atom stereocenters. The first-order chi connectivity index (χ1) is 7.76. The highest BCUT2D eigenvalue weighted by atomic mass is 16.5. The van der Waals surface area contributed by atoms with Gasteiger partial charge in [-0.25, -0.2) is 0 Å². The number of carbonyl (C=O) groups excluding carboxylic acids is 2. The molecule has 1 N–H and O–H groups in total. The number of methoxy groups -OCH3 is 1. The Kier molecular flexibility index (Phi) is 6.16. The standard InChI is InChI=1S/C12H24N2O3/c1-7-13-12(3,4)11(16)14(5)8-9(2)10(15)17-6/h9,13H,7-8H2,1-6H3. The van der Waals surface area contributed by atoms with Gasteiger partial charge in [-0.3, -0.25) is 9.59 Å². The minimum Gasteiger partial charge on any atom is -0.469 e. The van der Waals surface area contributed by atoms with Gasteiger partial charge < -0.3 is 15.0 Å². The summed E-state index contributed by atoms with van der Waals surface area (Å²) in [6.45, 7) is 8.44. The molecule has 5 nitrogen and oxygen atoms in total. The van der Waals surface area contributed by atoms with E-state index in [0.717, 1.165) is 6.54 Å². The number of hydrogen-bond donors (Lipinski definition) is 1. The fourth-order valence-electron chi connectivity index (χ4n) is 1.76. The minimum absolute atomic E-state index is 0.0323. The SMILES string of the molecule is CCNC(C)(C)C(=O)N(C)CC(C)C(=O)OC. The predicted octanol–water partition coefficient (Wildman–Crippen LogP) is 0.642.